The molecule has 0 spiro atoms. The monoisotopic (exact) mass is 599 g/mol. The Bertz CT molecular complexity index is 1480. The van der Waals surface area contributed by atoms with Crippen molar-refractivity contribution in [3.8, 4) is 5.75 Å². The number of hydrogen-bond acceptors (Lipinski definition) is 5. The molecule has 1 aromatic heterocycles. The van der Waals surface area contributed by atoms with Gasteiger partial charge in [0.25, 0.3) is 0 Å². The van der Waals surface area contributed by atoms with Crippen molar-refractivity contribution >= 4 is 40.9 Å². The summed E-state index contributed by atoms with van der Waals surface area (Å²) >= 11 is 12.2. The highest BCUT2D eigenvalue weighted by Gasteiger charge is 2.55. The number of ether oxygens (including phenoxy) is 1. The Balaban J connectivity index is 1.23. The summed E-state index contributed by atoms with van der Waals surface area (Å²) < 4.78 is 33.7. The highest BCUT2D eigenvalue weighted by atomic mass is 35.5. The lowest BCUT2D eigenvalue weighted by molar-refractivity contribution is -0.149. The van der Waals surface area contributed by atoms with Gasteiger partial charge in [0.1, 0.15) is 23.2 Å². The molecule has 0 radical (unpaired) electrons. The van der Waals surface area contributed by atoms with Crippen molar-refractivity contribution < 1.29 is 23.1 Å². The van der Waals surface area contributed by atoms with Crippen molar-refractivity contribution in [3.05, 3.63) is 87.5 Å². The summed E-state index contributed by atoms with van der Waals surface area (Å²) in [5, 5.41) is 0.599. The number of esters is 1. The van der Waals surface area contributed by atoms with Crippen molar-refractivity contribution in [2.75, 3.05) is 31.1 Å². The zero-order valence-corrected chi connectivity index (χ0v) is 24.0. The van der Waals surface area contributed by atoms with Gasteiger partial charge in [-0.3, -0.25) is 9.59 Å². The van der Waals surface area contributed by atoms with E-state index in [1.54, 1.807) is 18.3 Å². The van der Waals surface area contributed by atoms with Crippen LogP contribution in [0.4, 0.5) is 14.6 Å². The largest absolute Gasteiger partial charge is 0.426 e. The van der Waals surface area contributed by atoms with Gasteiger partial charge in [0, 0.05) is 50.1 Å². The Morgan fingerprint density at radius 1 is 1.02 bits per heavy atom. The number of anilines is 1. The number of pyridine rings is 1. The summed E-state index contributed by atoms with van der Waals surface area (Å²) in [6.07, 6.45) is 3.24. The molecule has 3 aromatic rings. The van der Waals surface area contributed by atoms with Crippen LogP contribution in [0.5, 0.6) is 5.75 Å². The van der Waals surface area contributed by atoms with Gasteiger partial charge in [-0.2, -0.15) is 0 Å². The lowest BCUT2D eigenvalue weighted by Gasteiger charge is -2.41. The van der Waals surface area contributed by atoms with Gasteiger partial charge < -0.3 is 14.5 Å². The molecule has 6 rings (SSSR count). The summed E-state index contributed by atoms with van der Waals surface area (Å²) in [7, 11) is 0. The van der Waals surface area contributed by atoms with Crippen molar-refractivity contribution in [1.29, 1.82) is 0 Å². The number of hydrogen-bond donors (Lipinski definition) is 0. The maximum atomic E-state index is 14.5. The molecule has 1 aliphatic carbocycles. The second kappa shape index (κ2) is 10.9. The maximum Gasteiger partial charge on any atom is 0.317 e. The van der Waals surface area contributed by atoms with E-state index < -0.39 is 23.0 Å². The van der Waals surface area contributed by atoms with Crippen LogP contribution in [0.25, 0.3) is 0 Å². The van der Waals surface area contributed by atoms with Gasteiger partial charge in [0.15, 0.2) is 0 Å². The van der Waals surface area contributed by atoms with Gasteiger partial charge in [-0.25, -0.2) is 13.8 Å². The molecule has 6 nitrogen and oxygen atoms in total. The fourth-order valence-corrected chi connectivity index (χ4v) is 6.98. The van der Waals surface area contributed by atoms with E-state index >= 15 is 0 Å². The third-order valence-corrected chi connectivity index (χ3v) is 9.47. The smallest absolute Gasteiger partial charge is 0.317 e. The molecule has 2 fully saturated rings. The van der Waals surface area contributed by atoms with Crippen molar-refractivity contribution in [3.63, 3.8) is 0 Å². The normalized spacial score (nSPS) is 24.1. The van der Waals surface area contributed by atoms with Crippen molar-refractivity contribution in [2.45, 2.75) is 32.1 Å². The van der Waals surface area contributed by atoms with Gasteiger partial charge in [-0.1, -0.05) is 23.2 Å². The molecular weight excluding hydrogens is 571 g/mol. The zero-order chi connectivity index (χ0) is 28.9. The van der Waals surface area contributed by atoms with E-state index in [9.17, 15) is 18.4 Å². The number of likely N-dealkylation sites (tertiary alicyclic amines) is 1. The number of amides is 1. The average Bonchev–Trinajstić information content (AvgIpc) is 3.43. The third-order valence-electron chi connectivity index (χ3n) is 8.96. The molecule has 41 heavy (non-hydrogen) atoms. The third kappa shape index (κ3) is 5.28. The molecular formula is C31H29Cl2F2N3O3. The molecule has 214 valence electrons. The van der Waals surface area contributed by atoms with E-state index in [1.165, 1.54) is 30.3 Å². The Kier molecular flexibility index (Phi) is 7.41. The molecule has 1 amide bonds. The molecule has 0 N–H and O–H groups in total. The second-order valence-electron chi connectivity index (χ2n) is 11.5. The Morgan fingerprint density at radius 3 is 2.44 bits per heavy atom. The van der Waals surface area contributed by atoms with E-state index in [1.807, 2.05) is 17.9 Å². The van der Waals surface area contributed by atoms with Gasteiger partial charge >= 0.3 is 5.97 Å². The van der Waals surface area contributed by atoms with Crippen LogP contribution in [0.2, 0.25) is 10.0 Å². The van der Waals surface area contributed by atoms with E-state index in [-0.39, 0.29) is 40.9 Å². The average molecular weight is 600 g/mol. The van der Waals surface area contributed by atoms with Crippen LogP contribution in [0.1, 0.15) is 36.8 Å². The summed E-state index contributed by atoms with van der Waals surface area (Å²) in [4.78, 5) is 35.9. The molecule has 2 aromatic carbocycles. The number of nitrogens with zero attached hydrogens (tertiary/aromatic N) is 3. The highest BCUT2D eigenvalue weighted by Crippen LogP contribution is 2.52. The van der Waals surface area contributed by atoms with Crippen LogP contribution in [0.3, 0.4) is 0 Å². The van der Waals surface area contributed by atoms with Crippen LogP contribution in [0.15, 0.2) is 54.7 Å². The number of fused-ring (bicyclic) bond motifs is 3. The summed E-state index contributed by atoms with van der Waals surface area (Å²) in [6.45, 7) is 4.01. The van der Waals surface area contributed by atoms with Gasteiger partial charge in [-0.15, -0.1) is 0 Å². The maximum absolute atomic E-state index is 14.5. The molecule has 10 heteroatoms. The molecule has 0 bridgehead atoms. The minimum Gasteiger partial charge on any atom is -0.426 e. The number of rotatable bonds is 4. The topological polar surface area (TPSA) is 62.7 Å². The fraction of sp³-hybridized carbons (Fsp3) is 0.387. The molecule has 3 unspecified atom stereocenters. The first-order valence-electron chi connectivity index (χ1n) is 13.7. The summed E-state index contributed by atoms with van der Waals surface area (Å²) in [6, 6.07) is 12.0. The lowest BCUT2D eigenvalue weighted by atomic mass is 9.62. The van der Waals surface area contributed by atoms with E-state index in [0.717, 1.165) is 11.4 Å². The van der Waals surface area contributed by atoms with E-state index in [0.29, 0.717) is 49.6 Å². The minimum absolute atomic E-state index is 0.0212. The lowest BCUT2D eigenvalue weighted by Crippen LogP contribution is -2.47. The summed E-state index contributed by atoms with van der Waals surface area (Å²) in [5.74, 6) is -0.950. The van der Waals surface area contributed by atoms with Crippen molar-refractivity contribution in [1.82, 2.24) is 9.88 Å². The molecule has 3 atom stereocenters. The summed E-state index contributed by atoms with van der Waals surface area (Å²) in [5.41, 5.74) is 0.516. The van der Waals surface area contributed by atoms with Crippen LogP contribution in [0, 0.1) is 28.9 Å². The number of halogens is 4. The van der Waals surface area contributed by atoms with Gasteiger partial charge in [-0.05, 0) is 85.8 Å². The zero-order valence-electron chi connectivity index (χ0n) is 22.5. The van der Waals surface area contributed by atoms with Crippen LogP contribution in [-0.4, -0.2) is 47.9 Å². The molecule has 0 saturated carbocycles. The number of benzene rings is 2. The molecule has 2 aliphatic heterocycles. The van der Waals surface area contributed by atoms with Crippen LogP contribution in [-0.2, 0) is 16.0 Å². The Hall–Kier alpha value is -3.23. The number of carbonyl (C=O) groups excluding carboxylic acids is 2. The molecule has 3 aliphatic rings. The van der Waals surface area contributed by atoms with Gasteiger partial charge in [0.05, 0.1) is 15.5 Å². The van der Waals surface area contributed by atoms with Crippen molar-refractivity contribution in [2.24, 2.45) is 17.3 Å². The number of aromatic nitrogens is 1. The molecule has 2 saturated heterocycles. The first-order chi connectivity index (χ1) is 19.6. The van der Waals surface area contributed by atoms with E-state index in [2.05, 4.69) is 9.88 Å². The quantitative estimate of drug-likeness (QED) is 0.260. The number of carbonyl (C=O) groups is 2. The standard InChI is InChI=1S/C31H29Cl2F2N3O3/c1-31(30(40)41-22-5-3-21(34)4-6-22)14-19-12-27(35)26(33)13-23(19)24-16-38(17-25(24)31)29(39)18-8-10-37(11-9-18)28-7-2-20(32)15-36-28/h2-7,12-13,15,18,24-25H,8-11,14,16-17H2,1H3. The van der Waals surface area contributed by atoms with Gasteiger partial charge in [0.2, 0.25) is 5.91 Å². The van der Waals surface area contributed by atoms with Crippen LogP contribution < -0.4 is 9.64 Å². The predicted molar refractivity (Wildman–Crippen MR) is 152 cm³/mol. The highest BCUT2D eigenvalue weighted by molar-refractivity contribution is 6.31. The Labute approximate surface area is 247 Å². The first kappa shape index (κ1) is 27.9. The fourth-order valence-electron chi connectivity index (χ4n) is 6.69. The SMILES string of the molecule is CC1(C(=O)Oc2ccc(F)cc2)Cc2cc(F)c(Cl)cc2C2CN(C(=O)C3CCN(c4ccc(Cl)cn4)CC3)CC21. The minimum atomic E-state index is -1.04. The van der Waals surface area contributed by atoms with E-state index in [4.69, 9.17) is 27.9 Å². The molecule has 3 heterocycles. The van der Waals surface area contributed by atoms with Crippen LogP contribution >= 0.6 is 23.2 Å². The Morgan fingerprint density at radius 2 is 1.76 bits per heavy atom. The first-order valence-corrected chi connectivity index (χ1v) is 14.5. The predicted octanol–water partition coefficient (Wildman–Crippen LogP) is 6.29. The number of piperidine rings is 1. The second-order valence-corrected chi connectivity index (χ2v) is 12.3.